The van der Waals surface area contributed by atoms with Crippen LogP contribution in [0.3, 0.4) is 0 Å². The van der Waals surface area contributed by atoms with Crippen molar-refractivity contribution in [2.24, 2.45) is 11.8 Å². The highest BCUT2D eigenvalue weighted by molar-refractivity contribution is 8.42. The Balaban J connectivity index is 2.91. The van der Waals surface area contributed by atoms with E-state index in [4.69, 9.17) is 8.92 Å². The van der Waals surface area contributed by atoms with Gasteiger partial charge in [0.2, 0.25) is 0 Å². The predicted octanol–water partition coefficient (Wildman–Crippen LogP) is 3.87. The molecule has 1 aliphatic rings. The minimum absolute atomic E-state index is 0.0524. The van der Waals surface area contributed by atoms with Crippen molar-refractivity contribution in [3.8, 4) is 0 Å². The molecule has 1 N–H and O–H groups in total. The lowest BCUT2D eigenvalue weighted by Gasteiger charge is -2.54. The summed E-state index contributed by atoms with van der Waals surface area (Å²) in [5.41, 5.74) is -0.479. The normalized spacial score (nSPS) is 27.5. The Labute approximate surface area is 148 Å². The van der Waals surface area contributed by atoms with Crippen molar-refractivity contribution < 1.29 is 18.8 Å². The Bertz CT molecular complexity index is 518. The Morgan fingerprint density at radius 3 is 2.12 bits per heavy atom. The van der Waals surface area contributed by atoms with Crippen LogP contribution in [-0.2, 0) is 13.7 Å². The SMILES string of the molecule is C=S(C)(C)(OC1CC(CO)CC1CC(=O)OC(C)(C)C)C(C)(C)C. The quantitative estimate of drug-likeness (QED) is 0.596. The van der Waals surface area contributed by atoms with Gasteiger partial charge in [-0.1, -0.05) is 26.6 Å². The van der Waals surface area contributed by atoms with Crippen LogP contribution < -0.4 is 0 Å². The summed E-state index contributed by atoms with van der Waals surface area (Å²) in [6.07, 6.45) is 6.10. The molecule has 144 valence electrons. The number of esters is 1. The lowest BCUT2D eigenvalue weighted by atomic mass is 10.0. The van der Waals surface area contributed by atoms with Crippen molar-refractivity contribution >= 4 is 20.9 Å². The van der Waals surface area contributed by atoms with E-state index in [0.717, 1.165) is 12.8 Å². The lowest BCUT2D eigenvalue weighted by Crippen LogP contribution is -2.36. The van der Waals surface area contributed by atoms with Gasteiger partial charge in [-0.25, -0.2) is 0 Å². The van der Waals surface area contributed by atoms with Gasteiger partial charge in [0.25, 0.3) is 0 Å². The summed E-state index contributed by atoms with van der Waals surface area (Å²) in [5.74, 6) is 4.54. The molecule has 1 saturated carbocycles. The third-order valence-corrected chi connectivity index (χ3v) is 9.85. The molecule has 1 aliphatic carbocycles. The van der Waals surface area contributed by atoms with Crippen molar-refractivity contribution in [1.82, 2.24) is 0 Å². The standard InChI is InChI=1S/C19H38O4S/c1-18(2,3)22-17(21)12-15-10-14(13-20)11-16(15)23-24(7,8,9)19(4,5)6/h14-16,20H,7,10-13H2,1-6,8-9H3. The predicted molar refractivity (Wildman–Crippen MR) is 105 cm³/mol. The number of hydrogen-bond donors (Lipinski definition) is 1. The summed E-state index contributed by atoms with van der Waals surface area (Å²) in [6.45, 7) is 12.2. The number of ether oxygens (including phenoxy) is 1. The average Bonchev–Trinajstić information content (AvgIpc) is 2.65. The van der Waals surface area contributed by atoms with Crippen molar-refractivity contribution in [2.75, 3.05) is 19.1 Å². The Hall–Kier alpha value is -0.390. The molecule has 0 aromatic carbocycles. The molecule has 0 spiro atoms. The number of carbonyl (C=O) groups excluding carboxylic acids is 1. The topological polar surface area (TPSA) is 55.8 Å². The fourth-order valence-corrected chi connectivity index (χ4v) is 4.13. The van der Waals surface area contributed by atoms with Gasteiger partial charge in [-0.2, -0.15) is 9.03 Å². The minimum atomic E-state index is -2.34. The van der Waals surface area contributed by atoms with Gasteiger partial charge in [0.15, 0.2) is 0 Å². The van der Waals surface area contributed by atoms with Crippen LogP contribution in [-0.4, -0.2) is 52.5 Å². The molecule has 0 aromatic heterocycles. The highest BCUT2D eigenvalue weighted by Crippen LogP contribution is 2.64. The summed E-state index contributed by atoms with van der Waals surface area (Å²) in [4.78, 5) is 12.3. The molecular formula is C19H38O4S. The molecule has 3 unspecified atom stereocenters. The average molecular weight is 363 g/mol. The molecule has 0 aromatic rings. The molecule has 5 heteroatoms. The zero-order valence-corrected chi connectivity index (χ0v) is 17.7. The summed E-state index contributed by atoms with van der Waals surface area (Å²) >= 11 is 0. The van der Waals surface area contributed by atoms with Crippen LogP contribution >= 0.6 is 9.03 Å². The van der Waals surface area contributed by atoms with Crippen molar-refractivity contribution in [3.05, 3.63) is 0 Å². The van der Waals surface area contributed by atoms with E-state index >= 15 is 0 Å². The second-order valence-corrected chi connectivity index (χ2v) is 15.5. The number of aliphatic hydroxyl groups is 1. The number of rotatable bonds is 5. The summed E-state index contributed by atoms with van der Waals surface area (Å²) in [6, 6.07) is 0. The molecule has 0 radical (unpaired) electrons. The van der Waals surface area contributed by atoms with Gasteiger partial charge in [0, 0.05) is 11.4 Å². The van der Waals surface area contributed by atoms with Gasteiger partial charge < -0.3 is 14.0 Å². The third kappa shape index (κ3) is 5.57. The van der Waals surface area contributed by atoms with E-state index in [1.165, 1.54) is 0 Å². The van der Waals surface area contributed by atoms with Crippen LogP contribution in [0.5, 0.6) is 0 Å². The zero-order valence-electron chi connectivity index (χ0n) is 16.8. The van der Waals surface area contributed by atoms with E-state index in [9.17, 15) is 9.90 Å². The molecule has 0 aliphatic heterocycles. The van der Waals surface area contributed by atoms with Crippen LogP contribution in [0.25, 0.3) is 0 Å². The van der Waals surface area contributed by atoms with Crippen LogP contribution in [0.1, 0.15) is 60.8 Å². The first-order valence-electron chi connectivity index (χ1n) is 8.78. The van der Waals surface area contributed by atoms with E-state index < -0.39 is 14.6 Å². The smallest absolute Gasteiger partial charge is 0.306 e. The summed E-state index contributed by atoms with van der Waals surface area (Å²) < 4.78 is 12.0. The molecule has 24 heavy (non-hydrogen) atoms. The largest absolute Gasteiger partial charge is 0.460 e. The second-order valence-electron chi connectivity index (χ2n) is 9.89. The van der Waals surface area contributed by atoms with Crippen molar-refractivity contribution in [2.45, 2.75) is 77.3 Å². The third-order valence-electron chi connectivity index (χ3n) is 5.17. The molecule has 1 fully saturated rings. The molecule has 3 atom stereocenters. The maximum Gasteiger partial charge on any atom is 0.306 e. The molecule has 0 saturated heterocycles. The maximum atomic E-state index is 12.3. The van der Waals surface area contributed by atoms with Gasteiger partial charge in [-0.05, 0) is 58.0 Å². The van der Waals surface area contributed by atoms with E-state index in [1.807, 2.05) is 20.8 Å². The fraction of sp³-hybridized carbons (Fsp3) is 0.895. The van der Waals surface area contributed by atoms with Crippen molar-refractivity contribution in [3.63, 3.8) is 0 Å². The Morgan fingerprint density at radius 1 is 1.17 bits per heavy atom. The lowest BCUT2D eigenvalue weighted by molar-refractivity contribution is -0.156. The van der Waals surface area contributed by atoms with Crippen LogP contribution in [0.2, 0.25) is 0 Å². The van der Waals surface area contributed by atoms with Crippen molar-refractivity contribution in [1.29, 1.82) is 0 Å². The molecule has 0 bridgehead atoms. The molecule has 4 nitrogen and oxygen atoms in total. The Kier molecular flexibility index (Phi) is 6.07. The first kappa shape index (κ1) is 21.7. The summed E-state index contributed by atoms with van der Waals surface area (Å²) in [5, 5.41) is 9.57. The van der Waals surface area contributed by atoms with E-state index in [2.05, 4.69) is 39.2 Å². The van der Waals surface area contributed by atoms with E-state index in [1.54, 1.807) is 0 Å². The van der Waals surface area contributed by atoms with Gasteiger partial charge in [-0.3, -0.25) is 4.79 Å². The maximum absolute atomic E-state index is 12.3. The summed E-state index contributed by atoms with van der Waals surface area (Å²) in [7, 11) is -2.34. The second kappa shape index (κ2) is 6.73. The monoisotopic (exact) mass is 362 g/mol. The number of carbonyl (C=O) groups is 1. The zero-order chi connectivity index (χ0) is 19.0. The van der Waals surface area contributed by atoms with Crippen LogP contribution in [0, 0.1) is 11.8 Å². The van der Waals surface area contributed by atoms with E-state index in [-0.39, 0.29) is 35.3 Å². The van der Waals surface area contributed by atoms with Gasteiger partial charge >= 0.3 is 5.97 Å². The first-order valence-corrected chi connectivity index (χ1v) is 11.7. The number of hydrogen-bond acceptors (Lipinski definition) is 4. The Morgan fingerprint density at radius 2 is 1.71 bits per heavy atom. The molecule has 0 amide bonds. The fourth-order valence-electron chi connectivity index (χ4n) is 2.82. The van der Waals surface area contributed by atoms with E-state index in [0.29, 0.717) is 6.42 Å². The number of aliphatic hydroxyl groups excluding tert-OH is 1. The minimum Gasteiger partial charge on any atom is -0.460 e. The van der Waals surface area contributed by atoms with Gasteiger partial charge in [0.1, 0.15) is 5.60 Å². The first-order chi connectivity index (χ1) is 10.5. The van der Waals surface area contributed by atoms with Gasteiger partial charge in [0.05, 0.1) is 12.5 Å². The van der Waals surface area contributed by atoms with Gasteiger partial charge in [-0.15, -0.1) is 0 Å². The van der Waals surface area contributed by atoms with Crippen LogP contribution in [0.4, 0.5) is 0 Å². The van der Waals surface area contributed by atoms with Crippen LogP contribution in [0.15, 0.2) is 0 Å². The molecule has 0 heterocycles. The molecule has 1 rings (SSSR count). The highest BCUT2D eigenvalue weighted by Gasteiger charge is 2.43. The molecular weight excluding hydrogens is 324 g/mol. The highest BCUT2D eigenvalue weighted by atomic mass is 32.3.